The van der Waals surface area contributed by atoms with Crippen molar-refractivity contribution in [2.24, 2.45) is 0 Å². The molecule has 0 heterocycles. The minimum atomic E-state index is -0.742. The lowest BCUT2D eigenvalue weighted by molar-refractivity contribution is -0.122. The first-order valence-electron chi connectivity index (χ1n) is 6.24. The average molecular weight is 471 g/mol. The van der Waals surface area contributed by atoms with Gasteiger partial charge in [-0.15, -0.1) is 0 Å². The Morgan fingerprint density at radius 1 is 1.14 bits per heavy atom. The number of halogens is 4. The van der Waals surface area contributed by atoms with Crippen molar-refractivity contribution in [2.75, 3.05) is 5.32 Å². The van der Waals surface area contributed by atoms with Crippen molar-refractivity contribution in [3.8, 4) is 5.75 Å². The third-order valence-electron chi connectivity index (χ3n) is 2.76. The highest BCUT2D eigenvalue weighted by Crippen LogP contribution is 2.29. The van der Waals surface area contributed by atoms with Gasteiger partial charge in [-0.3, -0.25) is 4.79 Å². The molecule has 22 heavy (non-hydrogen) atoms. The van der Waals surface area contributed by atoms with E-state index < -0.39 is 6.10 Å². The van der Waals surface area contributed by atoms with Gasteiger partial charge in [0.15, 0.2) is 6.10 Å². The summed E-state index contributed by atoms with van der Waals surface area (Å²) in [7, 11) is 0. The fourth-order valence-corrected chi connectivity index (χ4v) is 3.00. The molecular weight excluding hydrogens is 459 g/mol. The lowest BCUT2D eigenvalue weighted by Gasteiger charge is -2.16. The highest BCUT2D eigenvalue weighted by molar-refractivity contribution is 14.1. The smallest absolute Gasteiger partial charge is 0.265 e. The molecule has 0 radical (unpaired) electrons. The second-order valence-electron chi connectivity index (χ2n) is 4.45. The van der Waals surface area contributed by atoms with Gasteiger partial charge in [-0.1, -0.05) is 34.8 Å². The van der Waals surface area contributed by atoms with Crippen molar-refractivity contribution in [3.05, 3.63) is 55.0 Å². The van der Waals surface area contributed by atoms with Gasteiger partial charge in [0.2, 0.25) is 0 Å². The number of amides is 1. The monoisotopic (exact) mass is 469 g/mol. The first-order valence-corrected chi connectivity index (χ1v) is 8.45. The number of ether oxygens (including phenoxy) is 1. The summed E-state index contributed by atoms with van der Waals surface area (Å²) >= 11 is 20.1. The van der Waals surface area contributed by atoms with Crippen molar-refractivity contribution >= 4 is 69.0 Å². The number of anilines is 1. The number of hydrogen-bond acceptors (Lipinski definition) is 2. The Hall–Kier alpha value is -0.690. The number of benzene rings is 2. The van der Waals surface area contributed by atoms with E-state index in [4.69, 9.17) is 39.5 Å². The van der Waals surface area contributed by atoms with Crippen LogP contribution in [0.1, 0.15) is 6.92 Å². The molecular formula is C15H11Cl3INO2. The normalized spacial score (nSPS) is 11.9. The molecule has 0 saturated carbocycles. The predicted octanol–water partition coefficient (Wildman–Crippen LogP) is 5.66. The Bertz CT molecular complexity index is 709. The summed E-state index contributed by atoms with van der Waals surface area (Å²) in [5.41, 5.74) is 0.532. The number of nitrogens with one attached hydrogen (secondary N) is 1. The van der Waals surface area contributed by atoms with Crippen LogP contribution < -0.4 is 10.1 Å². The van der Waals surface area contributed by atoms with E-state index in [-0.39, 0.29) is 5.91 Å². The summed E-state index contributed by atoms with van der Waals surface area (Å²) < 4.78 is 6.53. The van der Waals surface area contributed by atoms with Gasteiger partial charge in [-0.2, -0.15) is 0 Å². The van der Waals surface area contributed by atoms with Crippen molar-refractivity contribution in [2.45, 2.75) is 13.0 Å². The molecule has 7 heteroatoms. The van der Waals surface area contributed by atoms with Gasteiger partial charge in [-0.25, -0.2) is 0 Å². The molecule has 2 aromatic rings. The second-order valence-corrected chi connectivity index (χ2v) is 6.94. The van der Waals surface area contributed by atoms with Crippen LogP contribution in [0.5, 0.6) is 5.75 Å². The van der Waals surface area contributed by atoms with E-state index >= 15 is 0 Å². The maximum atomic E-state index is 12.2. The number of carbonyl (C=O) groups is 1. The van der Waals surface area contributed by atoms with Crippen LogP contribution in [0.2, 0.25) is 15.1 Å². The standard InChI is InChI=1S/C15H11Cl3INO2/c1-8(22-14-5-2-9(16)6-12(14)18)15(21)20-13-4-3-10(19)7-11(13)17/h2-8H,1H3,(H,20,21)/t8-/m1/s1. The van der Waals surface area contributed by atoms with Gasteiger partial charge in [0.25, 0.3) is 5.91 Å². The summed E-state index contributed by atoms with van der Waals surface area (Å²) in [6.45, 7) is 1.63. The lowest BCUT2D eigenvalue weighted by Crippen LogP contribution is -2.30. The van der Waals surface area contributed by atoms with Crippen molar-refractivity contribution in [3.63, 3.8) is 0 Å². The van der Waals surface area contributed by atoms with Crippen molar-refractivity contribution < 1.29 is 9.53 Å². The third-order valence-corrected chi connectivity index (χ3v) is 4.27. The zero-order chi connectivity index (χ0) is 16.3. The Kier molecular flexibility index (Phi) is 6.20. The van der Waals surface area contributed by atoms with E-state index in [1.165, 1.54) is 0 Å². The van der Waals surface area contributed by atoms with E-state index in [1.54, 1.807) is 37.3 Å². The molecule has 0 aliphatic rings. The Labute approximate surface area is 157 Å². The van der Waals surface area contributed by atoms with Gasteiger partial charge < -0.3 is 10.1 Å². The molecule has 1 atom stereocenters. The minimum absolute atomic E-state index is 0.325. The topological polar surface area (TPSA) is 38.3 Å². The third kappa shape index (κ3) is 4.65. The van der Waals surface area contributed by atoms with Crippen LogP contribution in [0.15, 0.2) is 36.4 Å². The van der Waals surface area contributed by atoms with Crippen LogP contribution in [0.25, 0.3) is 0 Å². The fourth-order valence-electron chi connectivity index (χ4n) is 1.64. The molecule has 0 saturated heterocycles. The van der Waals surface area contributed by atoms with Crippen LogP contribution >= 0.6 is 57.4 Å². The molecule has 1 amide bonds. The molecule has 0 aromatic heterocycles. The van der Waals surface area contributed by atoms with Gasteiger partial charge in [0.1, 0.15) is 5.75 Å². The first kappa shape index (κ1) is 17.7. The second kappa shape index (κ2) is 7.73. The molecule has 116 valence electrons. The van der Waals surface area contributed by atoms with Crippen molar-refractivity contribution in [1.82, 2.24) is 0 Å². The molecule has 0 bridgehead atoms. The molecule has 0 unspecified atom stereocenters. The number of carbonyl (C=O) groups excluding carboxylic acids is 1. The van der Waals surface area contributed by atoms with Gasteiger partial charge in [-0.05, 0) is 65.9 Å². The summed E-state index contributed by atoms with van der Waals surface area (Å²) in [6.07, 6.45) is -0.742. The molecule has 0 fully saturated rings. The molecule has 2 rings (SSSR count). The highest BCUT2D eigenvalue weighted by atomic mass is 127. The minimum Gasteiger partial charge on any atom is -0.479 e. The molecule has 0 spiro atoms. The first-order chi connectivity index (χ1) is 10.4. The zero-order valence-electron chi connectivity index (χ0n) is 11.4. The van der Waals surface area contributed by atoms with Crippen LogP contribution in [0, 0.1) is 3.57 Å². The molecule has 1 N–H and O–H groups in total. The number of hydrogen-bond donors (Lipinski definition) is 1. The molecule has 0 aliphatic carbocycles. The highest BCUT2D eigenvalue weighted by Gasteiger charge is 2.17. The van der Waals surface area contributed by atoms with Crippen LogP contribution in [0.4, 0.5) is 5.69 Å². The van der Waals surface area contributed by atoms with Gasteiger partial charge in [0, 0.05) is 8.59 Å². The Morgan fingerprint density at radius 3 is 2.50 bits per heavy atom. The molecule has 2 aromatic carbocycles. The van der Waals surface area contributed by atoms with Crippen molar-refractivity contribution in [1.29, 1.82) is 0 Å². The van der Waals surface area contributed by atoms with E-state index in [1.807, 2.05) is 6.07 Å². The summed E-state index contributed by atoms with van der Waals surface area (Å²) in [4.78, 5) is 12.2. The summed E-state index contributed by atoms with van der Waals surface area (Å²) in [5.74, 6) is 0.0662. The van der Waals surface area contributed by atoms with E-state index in [9.17, 15) is 4.79 Å². The van der Waals surface area contributed by atoms with E-state index in [0.29, 0.717) is 26.5 Å². The summed E-state index contributed by atoms with van der Waals surface area (Å²) in [6, 6.07) is 10.2. The fraction of sp³-hybridized carbons (Fsp3) is 0.133. The Balaban J connectivity index is 2.05. The Morgan fingerprint density at radius 2 is 1.86 bits per heavy atom. The van der Waals surface area contributed by atoms with E-state index in [0.717, 1.165) is 3.57 Å². The largest absolute Gasteiger partial charge is 0.479 e. The van der Waals surface area contributed by atoms with Crippen LogP contribution in [-0.4, -0.2) is 12.0 Å². The zero-order valence-corrected chi connectivity index (χ0v) is 15.8. The summed E-state index contributed by atoms with van der Waals surface area (Å²) in [5, 5.41) is 4.04. The molecule has 3 nitrogen and oxygen atoms in total. The average Bonchev–Trinajstić information content (AvgIpc) is 2.44. The van der Waals surface area contributed by atoms with Gasteiger partial charge in [0.05, 0.1) is 15.7 Å². The quantitative estimate of drug-likeness (QED) is 0.586. The van der Waals surface area contributed by atoms with Crippen LogP contribution in [-0.2, 0) is 4.79 Å². The van der Waals surface area contributed by atoms with Gasteiger partial charge >= 0.3 is 0 Å². The number of rotatable bonds is 4. The SMILES string of the molecule is C[C@@H](Oc1ccc(Cl)cc1Cl)C(=O)Nc1ccc(I)cc1Cl. The predicted molar refractivity (Wildman–Crippen MR) is 99.4 cm³/mol. The maximum Gasteiger partial charge on any atom is 0.265 e. The van der Waals surface area contributed by atoms with E-state index in [2.05, 4.69) is 27.9 Å². The maximum absolute atomic E-state index is 12.2. The molecule has 0 aliphatic heterocycles. The van der Waals surface area contributed by atoms with Crippen LogP contribution in [0.3, 0.4) is 0 Å². The lowest BCUT2D eigenvalue weighted by atomic mass is 10.3.